The smallest absolute Gasteiger partial charge is 0.317 e. The van der Waals surface area contributed by atoms with Gasteiger partial charge in [-0.15, -0.1) is 0 Å². The van der Waals surface area contributed by atoms with Crippen LogP contribution in [-0.4, -0.2) is 23.1 Å². The van der Waals surface area contributed by atoms with Gasteiger partial charge in [0.05, 0.1) is 29.1 Å². The Hall–Kier alpha value is -3.94. The van der Waals surface area contributed by atoms with Crippen molar-refractivity contribution in [3.05, 3.63) is 93.0 Å². The van der Waals surface area contributed by atoms with E-state index in [9.17, 15) is 20.2 Å². The minimum Gasteiger partial charge on any atom is -0.493 e. The summed E-state index contributed by atoms with van der Waals surface area (Å²) in [5.74, 6) is 0.707. The predicted octanol–water partition coefficient (Wildman–Crippen LogP) is 5.02. The standard InChI is InChI=1S/C21H18N2O6/c24-22(25)18-9-12-21(20(15-18)23(26)27)29-14-4-13-28-19-10-7-17(8-11-19)16-5-2-1-3-6-16/h1-3,5-12,15H,4,13-14H2. The second-order valence-electron chi connectivity index (χ2n) is 6.11. The van der Waals surface area contributed by atoms with Crippen molar-refractivity contribution in [1.82, 2.24) is 0 Å². The van der Waals surface area contributed by atoms with Gasteiger partial charge in [-0.3, -0.25) is 20.2 Å². The summed E-state index contributed by atoms with van der Waals surface area (Å²) in [7, 11) is 0. The SMILES string of the molecule is O=[N+]([O-])c1ccc(OCCCOc2ccc(-c3ccccc3)cc2)c([N+](=O)[O-])c1. The van der Waals surface area contributed by atoms with Crippen molar-refractivity contribution < 1.29 is 19.3 Å². The number of hydrogen-bond donors (Lipinski definition) is 0. The number of hydrogen-bond acceptors (Lipinski definition) is 6. The number of benzene rings is 3. The molecule has 3 rings (SSSR count). The maximum atomic E-state index is 11.1. The van der Waals surface area contributed by atoms with Gasteiger partial charge in [0.1, 0.15) is 5.75 Å². The topological polar surface area (TPSA) is 105 Å². The fraction of sp³-hybridized carbons (Fsp3) is 0.143. The molecule has 0 saturated carbocycles. The lowest BCUT2D eigenvalue weighted by molar-refractivity contribution is -0.394. The van der Waals surface area contributed by atoms with Crippen LogP contribution >= 0.6 is 0 Å². The highest BCUT2D eigenvalue weighted by atomic mass is 16.6. The Morgan fingerprint density at radius 3 is 2.03 bits per heavy atom. The van der Waals surface area contributed by atoms with Crippen LogP contribution in [0, 0.1) is 20.2 Å². The van der Waals surface area contributed by atoms with Gasteiger partial charge in [-0.25, -0.2) is 0 Å². The minimum absolute atomic E-state index is 0.00665. The van der Waals surface area contributed by atoms with Crippen molar-refractivity contribution in [2.75, 3.05) is 13.2 Å². The number of rotatable bonds is 9. The molecule has 0 fully saturated rings. The van der Waals surface area contributed by atoms with Gasteiger partial charge in [-0.1, -0.05) is 42.5 Å². The molecule has 3 aromatic rings. The first kappa shape index (κ1) is 19.8. The van der Waals surface area contributed by atoms with Crippen LogP contribution in [0.3, 0.4) is 0 Å². The predicted molar refractivity (Wildman–Crippen MR) is 107 cm³/mol. The van der Waals surface area contributed by atoms with Crippen molar-refractivity contribution in [2.45, 2.75) is 6.42 Å². The third-order valence-electron chi connectivity index (χ3n) is 4.13. The van der Waals surface area contributed by atoms with Crippen LogP contribution in [-0.2, 0) is 0 Å². The maximum absolute atomic E-state index is 11.1. The van der Waals surface area contributed by atoms with Gasteiger partial charge in [0.15, 0.2) is 5.75 Å². The van der Waals surface area contributed by atoms with Gasteiger partial charge in [-0.2, -0.15) is 0 Å². The van der Waals surface area contributed by atoms with Crippen LogP contribution in [0.25, 0.3) is 11.1 Å². The summed E-state index contributed by atoms with van der Waals surface area (Å²) in [6.07, 6.45) is 0.495. The third-order valence-corrected chi connectivity index (χ3v) is 4.13. The number of nitrogens with zero attached hydrogens (tertiary/aromatic N) is 2. The number of ether oxygens (including phenoxy) is 2. The fourth-order valence-corrected chi connectivity index (χ4v) is 2.69. The van der Waals surface area contributed by atoms with E-state index in [4.69, 9.17) is 9.47 Å². The van der Waals surface area contributed by atoms with Gasteiger partial charge >= 0.3 is 5.69 Å². The zero-order chi connectivity index (χ0) is 20.6. The highest BCUT2D eigenvalue weighted by Gasteiger charge is 2.20. The molecule has 0 N–H and O–H groups in total. The maximum Gasteiger partial charge on any atom is 0.317 e. The quantitative estimate of drug-likeness (QED) is 0.287. The number of nitro groups is 2. The van der Waals surface area contributed by atoms with Crippen molar-refractivity contribution in [2.24, 2.45) is 0 Å². The zero-order valence-corrected chi connectivity index (χ0v) is 15.4. The van der Waals surface area contributed by atoms with E-state index in [1.54, 1.807) is 0 Å². The Balaban J connectivity index is 1.49. The van der Waals surface area contributed by atoms with Crippen LogP contribution in [0.1, 0.15) is 6.42 Å². The monoisotopic (exact) mass is 394 g/mol. The Kier molecular flexibility index (Phi) is 6.36. The van der Waals surface area contributed by atoms with E-state index >= 15 is 0 Å². The number of nitro benzene ring substituents is 2. The van der Waals surface area contributed by atoms with Gasteiger partial charge < -0.3 is 9.47 Å². The Bertz CT molecular complexity index is 990. The van der Waals surface area contributed by atoms with E-state index in [-0.39, 0.29) is 18.0 Å². The van der Waals surface area contributed by atoms with E-state index in [1.807, 2.05) is 54.6 Å². The van der Waals surface area contributed by atoms with Crippen LogP contribution in [0.15, 0.2) is 72.8 Å². The van der Waals surface area contributed by atoms with E-state index in [1.165, 1.54) is 12.1 Å². The molecule has 0 atom stereocenters. The molecule has 0 unspecified atom stereocenters. The lowest BCUT2D eigenvalue weighted by atomic mass is 10.1. The molecule has 148 valence electrons. The highest BCUT2D eigenvalue weighted by Crippen LogP contribution is 2.31. The lowest BCUT2D eigenvalue weighted by Crippen LogP contribution is -2.06. The van der Waals surface area contributed by atoms with E-state index < -0.39 is 15.5 Å². The average Bonchev–Trinajstić information content (AvgIpc) is 2.74. The van der Waals surface area contributed by atoms with E-state index in [0.29, 0.717) is 18.8 Å². The first-order valence-electron chi connectivity index (χ1n) is 8.88. The molecule has 0 aromatic heterocycles. The van der Waals surface area contributed by atoms with Crippen LogP contribution in [0.5, 0.6) is 11.5 Å². The van der Waals surface area contributed by atoms with Crippen LogP contribution in [0.2, 0.25) is 0 Å². The molecule has 8 nitrogen and oxygen atoms in total. The summed E-state index contributed by atoms with van der Waals surface area (Å²) in [6.45, 7) is 0.548. The van der Waals surface area contributed by atoms with Gasteiger partial charge in [0, 0.05) is 12.5 Å². The normalized spacial score (nSPS) is 10.3. The second-order valence-corrected chi connectivity index (χ2v) is 6.11. The first-order valence-corrected chi connectivity index (χ1v) is 8.88. The Morgan fingerprint density at radius 1 is 0.724 bits per heavy atom. The number of non-ortho nitro benzene ring substituents is 1. The van der Waals surface area contributed by atoms with Crippen molar-refractivity contribution >= 4 is 11.4 Å². The van der Waals surface area contributed by atoms with Crippen molar-refractivity contribution in [3.8, 4) is 22.6 Å². The molecule has 3 aromatic carbocycles. The molecular weight excluding hydrogens is 376 g/mol. The summed E-state index contributed by atoms with van der Waals surface area (Å²) < 4.78 is 11.1. The van der Waals surface area contributed by atoms with Gasteiger partial charge in [0.25, 0.3) is 5.69 Å². The largest absolute Gasteiger partial charge is 0.493 e. The minimum atomic E-state index is -0.701. The van der Waals surface area contributed by atoms with E-state index in [0.717, 1.165) is 17.2 Å². The second kappa shape index (κ2) is 9.32. The summed E-state index contributed by atoms with van der Waals surface area (Å²) in [6, 6.07) is 21.0. The molecule has 0 radical (unpaired) electrons. The van der Waals surface area contributed by atoms with E-state index in [2.05, 4.69) is 0 Å². The summed E-state index contributed by atoms with van der Waals surface area (Å²) in [5, 5.41) is 21.8. The van der Waals surface area contributed by atoms with Gasteiger partial charge in [-0.05, 0) is 29.3 Å². The molecule has 29 heavy (non-hydrogen) atoms. The average molecular weight is 394 g/mol. The van der Waals surface area contributed by atoms with Crippen molar-refractivity contribution in [1.29, 1.82) is 0 Å². The first-order chi connectivity index (χ1) is 14.0. The molecule has 0 saturated heterocycles. The van der Waals surface area contributed by atoms with Crippen LogP contribution in [0.4, 0.5) is 11.4 Å². The molecular formula is C21H18N2O6. The molecule has 8 heteroatoms. The molecule has 0 spiro atoms. The molecule has 0 amide bonds. The zero-order valence-electron chi connectivity index (χ0n) is 15.4. The van der Waals surface area contributed by atoms with Crippen molar-refractivity contribution in [3.63, 3.8) is 0 Å². The summed E-state index contributed by atoms with van der Waals surface area (Å²) in [4.78, 5) is 20.4. The Morgan fingerprint density at radius 2 is 1.38 bits per heavy atom. The molecule has 0 aliphatic carbocycles. The Labute approximate surface area is 166 Å². The fourth-order valence-electron chi connectivity index (χ4n) is 2.69. The molecule has 0 bridgehead atoms. The lowest BCUT2D eigenvalue weighted by Gasteiger charge is -2.09. The molecule has 0 heterocycles. The summed E-state index contributed by atoms with van der Waals surface area (Å²) >= 11 is 0. The third kappa shape index (κ3) is 5.29. The summed E-state index contributed by atoms with van der Waals surface area (Å²) in [5.41, 5.74) is 1.42. The molecule has 0 aliphatic rings. The van der Waals surface area contributed by atoms with Crippen LogP contribution < -0.4 is 9.47 Å². The van der Waals surface area contributed by atoms with Gasteiger partial charge in [0.2, 0.25) is 0 Å². The highest BCUT2D eigenvalue weighted by molar-refractivity contribution is 5.63. The molecule has 0 aliphatic heterocycles.